The van der Waals surface area contributed by atoms with E-state index in [9.17, 15) is 39.6 Å². The van der Waals surface area contributed by atoms with Crippen LogP contribution in [-0.4, -0.2) is 119 Å². The Bertz CT molecular complexity index is 1030. The van der Waals surface area contributed by atoms with Crippen LogP contribution in [0.1, 0.15) is 81.1 Å². The average Bonchev–Trinajstić information content (AvgIpc) is 3.20. The molecule has 4 N–H and O–H groups in total. The summed E-state index contributed by atoms with van der Waals surface area (Å²) >= 11 is 0. The van der Waals surface area contributed by atoms with Crippen LogP contribution < -0.4 is 0 Å². The van der Waals surface area contributed by atoms with Crippen LogP contribution >= 0.6 is 0 Å². The monoisotopic (exact) mass is 678 g/mol. The molecule has 47 heavy (non-hydrogen) atoms. The van der Waals surface area contributed by atoms with Crippen LogP contribution in [0.5, 0.6) is 0 Å². The van der Waals surface area contributed by atoms with E-state index >= 15 is 0 Å². The van der Waals surface area contributed by atoms with Crippen LogP contribution in [-0.2, 0) is 52.3 Å². The number of rotatable bonds is 17. The highest BCUT2D eigenvalue weighted by Crippen LogP contribution is 2.41. The van der Waals surface area contributed by atoms with Crippen molar-refractivity contribution in [1.82, 2.24) is 0 Å². The lowest BCUT2D eigenvalue weighted by Crippen LogP contribution is -2.63. The fourth-order valence-corrected chi connectivity index (χ4v) is 5.06. The first kappa shape index (κ1) is 40.8. The minimum atomic E-state index is -2.37. The lowest BCUT2D eigenvalue weighted by Gasteiger charge is -2.43. The summed E-state index contributed by atoms with van der Waals surface area (Å²) in [5, 5.41) is 41.4. The van der Waals surface area contributed by atoms with Crippen molar-refractivity contribution in [3.63, 3.8) is 0 Å². The first-order valence-electron chi connectivity index (χ1n) is 16.2. The molecule has 0 saturated carbocycles. The van der Waals surface area contributed by atoms with Gasteiger partial charge in [0.1, 0.15) is 43.7 Å². The van der Waals surface area contributed by atoms with Crippen molar-refractivity contribution >= 4 is 23.9 Å². The van der Waals surface area contributed by atoms with Gasteiger partial charge in [-0.1, -0.05) is 55.4 Å². The molecule has 0 unspecified atom stereocenters. The molecular formula is C32H54O15. The van der Waals surface area contributed by atoms with Gasteiger partial charge in [0.05, 0.1) is 6.61 Å². The van der Waals surface area contributed by atoms with Crippen LogP contribution in [0.2, 0.25) is 0 Å². The first-order valence-corrected chi connectivity index (χ1v) is 16.2. The third-order valence-electron chi connectivity index (χ3n) is 7.28. The molecule has 0 aromatic heterocycles. The van der Waals surface area contributed by atoms with E-state index in [1.54, 1.807) is 41.5 Å². The van der Waals surface area contributed by atoms with Crippen LogP contribution in [0.15, 0.2) is 0 Å². The van der Waals surface area contributed by atoms with Crippen LogP contribution in [0.25, 0.3) is 0 Å². The molecule has 2 fully saturated rings. The van der Waals surface area contributed by atoms with E-state index in [1.165, 1.54) is 0 Å². The molecule has 0 spiro atoms. The van der Waals surface area contributed by atoms with Crippen molar-refractivity contribution in [1.29, 1.82) is 0 Å². The van der Waals surface area contributed by atoms with Crippen LogP contribution in [0, 0.1) is 23.7 Å². The lowest BCUT2D eigenvalue weighted by molar-refractivity contribution is -0.384. The van der Waals surface area contributed by atoms with Gasteiger partial charge in [0.15, 0.2) is 18.5 Å². The van der Waals surface area contributed by atoms with Gasteiger partial charge in [-0.05, 0) is 23.7 Å². The number of hydrogen-bond donors (Lipinski definition) is 4. The lowest BCUT2D eigenvalue weighted by atomic mass is 9.98. The summed E-state index contributed by atoms with van der Waals surface area (Å²) in [5.74, 6) is -5.52. The normalized spacial score (nSPS) is 31.0. The van der Waals surface area contributed by atoms with Gasteiger partial charge < -0.3 is 53.6 Å². The molecule has 0 amide bonds. The Morgan fingerprint density at radius 3 is 1.66 bits per heavy atom. The molecule has 2 saturated heterocycles. The molecule has 2 rings (SSSR count). The highest BCUT2D eigenvalue weighted by atomic mass is 16.8. The maximum atomic E-state index is 13.2. The summed E-state index contributed by atoms with van der Waals surface area (Å²) in [4.78, 5) is 51.5. The van der Waals surface area contributed by atoms with Crippen molar-refractivity contribution in [3.8, 4) is 0 Å². The van der Waals surface area contributed by atoms with Gasteiger partial charge in [-0.3, -0.25) is 19.2 Å². The van der Waals surface area contributed by atoms with Crippen molar-refractivity contribution in [2.24, 2.45) is 23.7 Å². The molecule has 0 aliphatic carbocycles. The Hall–Kier alpha value is -2.40. The fraction of sp³-hybridized carbons (Fsp3) is 0.875. The largest absolute Gasteiger partial charge is 0.463 e. The summed E-state index contributed by atoms with van der Waals surface area (Å²) in [6.07, 6.45) is -13.3. The number of carbonyl (C=O) groups is 4. The van der Waals surface area contributed by atoms with Gasteiger partial charge >= 0.3 is 23.9 Å². The second-order valence-corrected chi connectivity index (χ2v) is 13.9. The molecule has 0 bridgehead atoms. The van der Waals surface area contributed by atoms with Gasteiger partial charge in [0.25, 0.3) is 0 Å². The number of carbonyl (C=O) groups excluding carboxylic acids is 4. The molecule has 2 aliphatic heterocycles. The highest BCUT2D eigenvalue weighted by Gasteiger charge is 2.64. The number of aliphatic hydroxyl groups excluding tert-OH is 4. The second-order valence-electron chi connectivity index (χ2n) is 13.9. The third-order valence-corrected chi connectivity index (χ3v) is 7.28. The van der Waals surface area contributed by atoms with Gasteiger partial charge in [-0.15, -0.1) is 0 Å². The van der Waals surface area contributed by atoms with Gasteiger partial charge in [0.2, 0.25) is 5.79 Å². The Morgan fingerprint density at radius 2 is 1.15 bits per heavy atom. The highest BCUT2D eigenvalue weighted by molar-refractivity contribution is 5.72. The summed E-state index contributed by atoms with van der Waals surface area (Å²) in [6, 6.07) is 0. The van der Waals surface area contributed by atoms with E-state index in [1.807, 2.05) is 13.8 Å². The van der Waals surface area contributed by atoms with E-state index in [4.69, 9.17) is 33.2 Å². The van der Waals surface area contributed by atoms with Crippen LogP contribution in [0.3, 0.4) is 0 Å². The van der Waals surface area contributed by atoms with E-state index in [0.29, 0.717) is 0 Å². The van der Waals surface area contributed by atoms with Gasteiger partial charge in [0, 0.05) is 25.7 Å². The number of hydrogen-bond acceptors (Lipinski definition) is 15. The summed E-state index contributed by atoms with van der Waals surface area (Å²) in [7, 11) is 0. The Labute approximate surface area is 276 Å². The molecular weight excluding hydrogens is 624 g/mol. The quantitative estimate of drug-likeness (QED) is 0.125. The summed E-state index contributed by atoms with van der Waals surface area (Å²) in [5.41, 5.74) is 0. The molecule has 0 aromatic rings. The minimum absolute atomic E-state index is 0.0169. The zero-order chi connectivity index (χ0) is 35.6. The minimum Gasteiger partial charge on any atom is -0.463 e. The van der Waals surface area contributed by atoms with Gasteiger partial charge in [-0.25, -0.2) is 0 Å². The molecule has 0 radical (unpaired) electrons. The van der Waals surface area contributed by atoms with Crippen molar-refractivity contribution in [2.75, 3.05) is 19.8 Å². The Morgan fingerprint density at radius 1 is 0.660 bits per heavy atom. The molecule has 2 aliphatic rings. The zero-order valence-corrected chi connectivity index (χ0v) is 28.7. The first-order chi connectivity index (χ1) is 21.9. The zero-order valence-electron chi connectivity index (χ0n) is 28.7. The maximum Gasteiger partial charge on any atom is 0.306 e. The van der Waals surface area contributed by atoms with Crippen molar-refractivity contribution in [3.05, 3.63) is 0 Å². The number of esters is 4. The second kappa shape index (κ2) is 18.4. The topological polar surface area (TPSA) is 214 Å². The van der Waals surface area contributed by atoms with E-state index in [-0.39, 0.29) is 49.4 Å². The predicted octanol–water partition coefficient (Wildman–Crippen LogP) is 0.992. The number of aliphatic hydroxyl groups is 4. The van der Waals surface area contributed by atoms with E-state index < -0.39 is 98.5 Å². The SMILES string of the molecule is CC(C)CC(=O)OC[C@H]1O[C@@](COC(=O)CC(C)C)(O[C@H]2O[C@H](CO)[C@@H](O)[C@H](O)[C@H]2O)[C@@H](OC(=O)CC(C)C)[C@@H]1OC(=O)CC(C)C. The van der Waals surface area contributed by atoms with E-state index in [2.05, 4.69) is 0 Å². The Kier molecular flexibility index (Phi) is 16.0. The van der Waals surface area contributed by atoms with Crippen molar-refractivity contribution < 1.29 is 72.8 Å². The summed E-state index contributed by atoms with van der Waals surface area (Å²) < 4.78 is 40.6. The van der Waals surface area contributed by atoms with Gasteiger partial charge in [-0.2, -0.15) is 0 Å². The fourth-order valence-electron chi connectivity index (χ4n) is 5.06. The molecule has 9 atom stereocenters. The molecule has 2 heterocycles. The summed E-state index contributed by atoms with van der Waals surface area (Å²) in [6.45, 7) is 12.3. The van der Waals surface area contributed by atoms with E-state index in [0.717, 1.165) is 0 Å². The van der Waals surface area contributed by atoms with Crippen molar-refractivity contribution in [2.45, 2.75) is 136 Å². The smallest absolute Gasteiger partial charge is 0.306 e. The Balaban J connectivity index is 2.66. The average molecular weight is 679 g/mol. The van der Waals surface area contributed by atoms with Crippen LogP contribution in [0.4, 0.5) is 0 Å². The molecule has 15 heteroatoms. The third kappa shape index (κ3) is 12.2. The molecule has 272 valence electrons. The number of ether oxygens (including phenoxy) is 7. The molecule has 15 nitrogen and oxygen atoms in total. The predicted molar refractivity (Wildman–Crippen MR) is 162 cm³/mol. The standard InChI is InChI=1S/C32H54O15/c1-16(2)9-22(34)41-14-21-29(44-24(36)11-18(5)6)30(45-25(37)12-19(7)8)32(46-21,15-42-23(35)10-17(3)4)47-31-28(40)27(39)26(38)20(13-33)43-31/h16-21,26-31,33,38-40H,9-15H2,1-8H3/t20-,21-,26-,27+,28-,29-,30+,31-,32+/m1/s1. The molecule has 0 aromatic carbocycles. The maximum absolute atomic E-state index is 13.2.